The van der Waals surface area contributed by atoms with Crippen molar-refractivity contribution in [2.75, 3.05) is 4.72 Å². The molecule has 30 heavy (non-hydrogen) atoms. The number of aromatic nitrogens is 3. The van der Waals surface area contributed by atoms with Crippen LogP contribution >= 0.6 is 11.3 Å². The van der Waals surface area contributed by atoms with E-state index in [1.165, 1.54) is 30.3 Å². The van der Waals surface area contributed by atoms with Crippen LogP contribution in [0.3, 0.4) is 0 Å². The molecule has 0 saturated carbocycles. The SMILES string of the molecule is O=C(OCn1nnc2ccccc2c1=O)c1ccc(NS(=O)(=O)c2cccs2)cc1. The van der Waals surface area contributed by atoms with Crippen molar-refractivity contribution in [1.82, 2.24) is 15.0 Å². The van der Waals surface area contributed by atoms with E-state index in [9.17, 15) is 18.0 Å². The normalized spacial score (nSPS) is 11.3. The Morgan fingerprint density at radius 2 is 1.83 bits per heavy atom. The van der Waals surface area contributed by atoms with Gasteiger partial charge in [0.25, 0.3) is 15.6 Å². The number of thiophene rings is 1. The van der Waals surface area contributed by atoms with Crippen molar-refractivity contribution in [3.63, 3.8) is 0 Å². The van der Waals surface area contributed by atoms with Gasteiger partial charge in [-0.1, -0.05) is 23.4 Å². The van der Waals surface area contributed by atoms with Gasteiger partial charge < -0.3 is 4.74 Å². The zero-order valence-corrected chi connectivity index (χ0v) is 16.9. The van der Waals surface area contributed by atoms with Crippen molar-refractivity contribution in [2.24, 2.45) is 0 Å². The Morgan fingerprint density at radius 3 is 2.57 bits per heavy atom. The molecule has 0 unspecified atom stereocenters. The monoisotopic (exact) mass is 442 g/mol. The number of carbonyl (C=O) groups is 1. The first-order valence-corrected chi connectivity index (χ1v) is 11.0. The first-order valence-electron chi connectivity index (χ1n) is 8.60. The number of hydrogen-bond acceptors (Lipinski definition) is 8. The van der Waals surface area contributed by atoms with E-state index in [0.29, 0.717) is 16.6 Å². The third kappa shape index (κ3) is 4.07. The number of nitrogens with zero attached hydrogens (tertiary/aromatic N) is 3. The maximum atomic E-state index is 12.4. The van der Waals surface area contributed by atoms with Crippen LogP contribution in [0.2, 0.25) is 0 Å². The van der Waals surface area contributed by atoms with Gasteiger partial charge in [0.05, 0.1) is 10.9 Å². The van der Waals surface area contributed by atoms with E-state index in [1.54, 1.807) is 35.7 Å². The minimum atomic E-state index is -3.67. The van der Waals surface area contributed by atoms with Gasteiger partial charge in [-0.3, -0.25) is 9.52 Å². The lowest BCUT2D eigenvalue weighted by molar-refractivity contribution is 0.0336. The predicted octanol–water partition coefficient (Wildman–Crippen LogP) is 2.47. The molecule has 0 aliphatic rings. The molecular formula is C19H14N4O5S2. The Bertz CT molecular complexity index is 1360. The minimum Gasteiger partial charge on any atom is -0.439 e. The van der Waals surface area contributed by atoms with Gasteiger partial charge in [0.1, 0.15) is 9.73 Å². The molecule has 11 heteroatoms. The predicted molar refractivity (Wildman–Crippen MR) is 111 cm³/mol. The number of anilines is 1. The number of rotatable bonds is 6. The summed E-state index contributed by atoms with van der Waals surface area (Å²) in [6, 6.07) is 15.6. The highest BCUT2D eigenvalue weighted by molar-refractivity contribution is 7.94. The fourth-order valence-electron chi connectivity index (χ4n) is 2.61. The van der Waals surface area contributed by atoms with Gasteiger partial charge in [-0.25, -0.2) is 13.2 Å². The van der Waals surface area contributed by atoms with Gasteiger partial charge in [-0.15, -0.1) is 16.4 Å². The smallest absolute Gasteiger partial charge is 0.339 e. The molecule has 0 amide bonds. The first kappa shape index (κ1) is 19.7. The highest BCUT2D eigenvalue weighted by Gasteiger charge is 2.16. The van der Waals surface area contributed by atoms with Crippen molar-refractivity contribution in [3.8, 4) is 0 Å². The fraction of sp³-hybridized carbons (Fsp3) is 0.0526. The lowest BCUT2D eigenvalue weighted by Gasteiger charge is -2.08. The molecule has 2 aromatic heterocycles. The zero-order chi connectivity index (χ0) is 21.1. The zero-order valence-electron chi connectivity index (χ0n) is 15.3. The Labute approximate surface area is 174 Å². The number of fused-ring (bicyclic) bond motifs is 1. The van der Waals surface area contributed by atoms with Crippen LogP contribution in [0.5, 0.6) is 0 Å². The molecule has 0 aliphatic carbocycles. The number of ether oxygens (including phenoxy) is 1. The Hall–Kier alpha value is -3.57. The highest BCUT2D eigenvalue weighted by atomic mass is 32.2. The Morgan fingerprint density at radius 1 is 1.07 bits per heavy atom. The largest absolute Gasteiger partial charge is 0.439 e. The van der Waals surface area contributed by atoms with Crippen molar-refractivity contribution < 1.29 is 17.9 Å². The molecule has 0 radical (unpaired) electrons. The fourth-order valence-corrected chi connectivity index (χ4v) is 4.66. The van der Waals surface area contributed by atoms with Crippen LogP contribution in [0, 0.1) is 0 Å². The maximum absolute atomic E-state index is 12.4. The van der Waals surface area contributed by atoms with Gasteiger partial charge >= 0.3 is 5.97 Å². The third-order valence-electron chi connectivity index (χ3n) is 4.08. The number of carbonyl (C=O) groups excluding carboxylic acids is 1. The van der Waals surface area contributed by atoms with Crippen LogP contribution < -0.4 is 10.3 Å². The molecule has 1 N–H and O–H groups in total. The summed E-state index contributed by atoms with van der Waals surface area (Å²) < 4.78 is 33.2. The lowest BCUT2D eigenvalue weighted by atomic mass is 10.2. The van der Waals surface area contributed by atoms with Gasteiger partial charge in [-0.05, 0) is 47.8 Å². The molecule has 0 spiro atoms. The van der Waals surface area contributed by atoms with E-state index in [1.807, 2.05) is 0 Å². The number of esters is 1. The second kappa shape index (κ2) is 8.05. The minimum absolute atomic E-state index is 0.188. The molecular weight excluding hydrogens is 428 g/mol. The van der Waals surface area contributed by atoms with E-state index in [-0.39, 0.29) is 9.77 Å². The van der Waals surface area contributed by atoms with E-state index in [0.717, 1.165) is 16.0 Å². The second-order valence-electron chi connectivity index (χ2n) is 6.09. The quantitative estimate of drug-likeness (QED) is 0.455. The molecule has 2 heterocycles. The Kier molecular flexibility index (Phi) is 5.29. The summed E-state index contributed by atoms with van der Waals surface area (Å²) in [7, 11) is -3.67. The van der Waals surface area contributed by atoms with Crippen LogP contribution in [0.1, 0.15) is 10.4 Å². The van der Waals surface area contributed by atoms with Crippen molar-refractivity contribution in [1.29, 1.82) is 0 Å². The van der Waals surface area contributed by atoms with Crippen molar-refractivity contribution in [2.45, 2.75) is 10.9 Å². The molecule has 152 valence electrons. The number of benzene rings is 2. The maximum Gasteiger partial charge on any atom is 0.339 e. The highest BCUT2D eigenvalue weighted by Crippen LogP contribution is 2.20. The first-order chi connectivity index (χ1) is 14.4. The van der Waals surface area contributed by atoms with Crippen molar-refractivity contribution >= 4 is 43.9 Å². The molecule has 9 nitrogen and oxygen atoms in total. The molecule has 0 aliphatic heterocycles. The van der Waals surface area contributed by atoms with Gasteiger partial charge in [-0.2, -0.15) is 4.68 Å². The van der Waals surface area contributed by atoms with Gasteiger partial charge in [0, 0.05) is 5.69 Å². The van der Waals surface area contributed by atoms with Gasteiger partial charge in [0.2, 0.25) is 0 Å². The topological polar surface area (TPSA) is 120 Å². The molecule has 0 bridgehead atoms. The van der Waals surface area contributed by atoms with E-state index in [4.69, 9.17) is 4.74 Å². The summed E-state index contributed by atoms with van der Waals surface area (Å²) >= 11 is 1.10. The van der Waals surface area contributed by atoms with Crippen LogP contribution in [-0.4, -0.2) is 29.4 Å². The van der Waals surface area contributed by atoms with Gasteiger partial charge in [0.15, 0.2) is 6.73 Å². The average Bonchev–Trinajstić information content (AvgIpc) is 3.30. The molecule has 0 fully saturated rings. The van der Waals surface area contributed by atoms with E-state index in [2.05, 4.69) is 15.0 Å². The summed E-state index contributed by atoms with van der Waals surface area (Å²) in [5.41, 5.74) is 0.518. The molecule has 2 aromatic carbocycles. The van der Waals surface area contributed by atoms with Crippen molar-refractivity contribution in [3.05, 3.63) is 82.0 Å². The standard InChI is InChI=1S/C19H14N4O5S2/c24-18-15-4-1-2-5-16(15)20-22-23(18)12-28-19(25)13-7-9-14(10-8-13)21-30(26,27)17-6-3-11-29-17/h1-11,21H,12H2. The molecule has 4 rings (SSSR count). The van der Waals surface area contributed by atoms with E-state index >= 15 is 0 Å². The summed E-state index contributed by atoms with van der Waals surface area (Å²) in [5, 5.41) is 9.70. The van der Waals surface area contributed by atoms with E-state index < -0.39 is 28.3 Å². The molecule has 0 saturated heterocycles. The molecule has 4 aromatic rings. The summed E-state index contributed by atoms with van der Waals surface area (Å²) in [5.74, 6) is -0.690. The van der Waals surface area contributed by atoms with Crippen LogP contribution in [0.4, 0.5) is 5.69 Å². The van der Waals surface area contributed by atoms with Crippen LogP contribution in [0.15, 0.2) is 75.0 Å². The second-order valence-corrected chi connectivity index (χ2v) is 8.94. The number of nitrogens with one attached hydrogen (secondary N) is 1. The average molecular weight is 442 g/mol. The third-order valence-corrected chi connectivity index (χ3v) is 6.86. The van der Waals surface area contributed by atoms with Crippen LogP contribution in [0.25, 0.3) is 10.9 Å². The summed E-state index contributed by atoms with van der Waals surface area (Å²) in [4.78, 5) is 24.6. The number of hydrogen-bond donors (Lipinski definition) is 1. The number of sulfonamides is 1. The van der Waals surface area contributed by atoms with Crippen LogP contribution in [-0.2, 0) is 21.5 Å². The summed E-state index contributed by atoms with van der Waals surface area (Å²) in [6.07, 6.45) is 0. The molecule has 0 atom stereocenters. The lowest BCUT2D eigenvalue weighted by Crippen LogP contribution is -2.26. The Balaban J connectivity index is 1.43. The summed E-state index contributed by atoms with van der Waals surface area (Å²) in [6.45, 7) is -0.401.